The number of rotatable bonds is 4. The highest BCUT2D eigenvalue weighted by Crippen LogP contribution is 2.14. The summed E-state index contributed by atoms with van der Waals surface area (Å²) >= 11 is 4.68. The molecule has 7 heteroatoms. The van der Waals surface area contributed by atoms with Gasteiger partial charge in [-0.3, -0.25) is 9.59 Å². The lowest BCUT2D eigenvalue weighted by Gasteiger charge is -2.19. The second-order valence-electron chi connectivity index (χ2n) is 4.22. The molecule has 2 aromatic heterocycles. The first-order valence-corrected chi connectivity index (χ1v) is 7.68. The molecule has 2 aromatic rings. The predicted octanol–water partition coefficient (Wildman–Crippen LogP) is 2.12. The van der Waals surface area contributed by atoms with Crippen LogP contribution < -0.4 is 5.56 Å². The highest BCUT2D eigenvalue weighted by Gasteiger charge is 2.18. The summed E-state index contributed by atoms with van der Waals surface area (Å²) in [6.07, 6.45) is 0.719. The zero-order valence-electron chi connectivity index (χ0n) is 10.6. The van der Waals surface area contributed by atoms with Gasteiger partial charge in [0.2, 0.25) is 5.91 Å². The van der Waals surface area contributed by atoms with Crippen molar-refractivity contribution in [2.24, 2.45) is 0 Å². The lowest BCUT2D eigenvalue weighted by atomic mass is 10.3. The number of aromatic nitrogens is 2. The van der Waals surface area contributed by atoms with Crippen LogP contribution in [0.5, 0.6) is 0 Å². The zero-order chi connectivity index (χ0) is 14.0. The molecule has 1 amide bonds. The SMILES string of the molecule is CCC(Br)C(=O)N(C)Cc1nc2ccsc2c(=O)[nH]1. The second-order valence-corrected chi connectivity index (χ2v) is 6.24. The molecule has 0 radical (unpaired) electrons. The van der Waals surface area contributed by atoms with Crippen LogP contribution in [0, 0.1) is 0 Å². The normalized spacial score (nSPS) is 12.6. The number of hydrogen-bond donors (Lipinski definition) is 1. The summed E-state index contributed by atoms with van der Waals surface area (Å²) in [6, 6.07) is 1.81. The number of carbonyl (C=O) groups excluding carboxylic acids is 1. The number of hydrogen-bond acceptors (Lipinski definition) is 4. The molecule has 2 heterocycles. The average molecular weight is 344 g/mol. The lowest BCUT2D eigenvalue weighted by Crippen LogP contribution is -2.33. The fourth-order valence-electron chi connectivity index (χ4n) is 1.71. The molecule has 2 rings (SSSR count). The Kier molecular flexibility index (Phi) is 4.36. The van der Waals surface area contributed by atoms with Crippen molar-refractivity contribution in [3.63, 3.8) is 0 Å². The summed E-state index contributed by atoms with van der Waals surface area (Å²) in [5.74, 6) is 0.484. The Hall–Kier alpha value is -1.21. The Morgan fingerprint density at radius 1 is 1.63 bits per heavy atom. The summed E-state index contributed by atoms with van der Waals surface area (Å²) in [4.78, 5) is 32.2. The van der Waals surface area contributed by atoms with Crippen LogP contribution in [0.2, 0.25) is 0 Å². The minimum Gasteiger partial charge on any atom is -0.337 e. The number of nitrogens with zero attached hydrogens (tertiary/aromatic N) is 2. The third-order valence-electron chi connectivity index (χ3n) is 2.75. The molecule has 0 aromatic carbocycles. The number of carbonyl (C=O) groups is 1. The van der Waals surface area contributed by atoms with Crippen LogP contribution in [0.15, 0.2) is 16.2 Å². The van der Waals surface area contributed by atoms with E-state index in [1.807, 2.05) is 12.3 Å². The molecule has 1 unspecified atom stereocenters. The molecule has 0 saturated carbocycles. The molecule has 0 aliphatic heterocycles. The van der Waals surface area contributed by atoms with Crippen LogP contribution in [-0.4, -0.2) is 32.6 Å². The number of H-pyrrole nitrogens is 1. The van der Waals surface area contributed by atoms with Gasteiger partial charge < -0.3 is 9.88 Å². The van der Waals surface area contributed by atoms with E-state index in [9.17, 15) is 9.59 Å². The highest BCUT2D eigenvalue weighted by atomic mass is 79.9. The Morgan fingerprint density at radius 2 is 2.37 bits per heavy atom. The van der Waals surface area contributed by atoms with Crippen LogP contribution >= 0.6 is 27.3 Å². The van der Waals surface area contributed by atoms with Gasteiger partial charge in [-0.2, -0.15) is 0 Å². The summed E-state index contributed by atoms with van der Waals surface area (Å²) in [5, 5.41) is 1.83. The maximum Gasteiger partial charge on any atom is 0.268 e. The maximum absolute atomic E-state index is 11.9. The Bertz CT molecular complexity index is 652. The van der Waals surface area contributed by atoms with E-state index in [1.54, 1.807) is 18.0 Å². The van der Waals surface area contributed by atoms with Crippen molar-refractivity contribution in [3.05, 3.63) is 27.6 Å². The van der Waals surface area contributed by atoms with E-state index in [0.717, 1.165) is 6.42 Å². The molecule has 0 aliphatic carbocycles. The van der Waals surface area contributed by atoms with Gasteiger partial charge in [-0.05, 0) is 17.9 Å². The van der Waals surface area contributed by atoms with Crippen molar-refractivity contribution in [2.45, 2.75) is 24.7 Å². The first-order valence-electron chi connectivity index (χ1n) is 5.88. The fraction of sp³-hybridized carbons (Fsp3) is 0.417. The molecule has 0 spiro atoms. The molecule has 102 valence electrons. The Balaban J connectivity index is 2.21. The van der Waals surface area contributed by atoms with Crippen molar-refractivity contribution < 1.29 is 4.79 Å². The number of fused-ring (bicyclic) bond motifs is 1. The van der Waals surface area contributed by atoms with Crippen molar-refractivity contribution in [2.75, 3.05) is 7.05 Å². The van der Waals surface area contributed by atoms with E-state index < -0.39 is 0 Å². The van der Waals surface area contributed by atoms with E-state index in [4.69, 9.17) is 0 Å². The van der Waals surface area contributed by atoms with E-state index in [1.165, 1.54) is 11.3 Å². The van der Waals surface area contributed by atoms with Gasteiger partial charge in [-0.15, -0.1) is 11.3 Å². The van der Waals surface area contributed by atoms with Crippen LogP contribution in [0.1, 0.15) is 19.2 Å². The zero-order valence-corrected chi connectivity index (χ0v) is 13.0. The molecule has 1 N–H and O–H groups in total. The van der Waals surface area contributed by atoms with Gasteiger partial charge in [0.15, 0.2) is 0 Å². The molecular weight excluding hydrogens is 330 g/mol. The number of thiophene rings is 1. The van der Waals surface area contributed by atoms with Gasteiger partial charge in [0.1, 0.15) is 10.5 Å². The van der Waals surface area contributed by atoms with Crippen LogP contribution in [0.25, 0.3) is 10.2 Å². The van der Waals surface area contributed by atoms with Crippen LogP contribution in [0.4, 0.5) is 0 Å². The predicted molar refractivity (Wildman–Crippen MR) is 79.7 cm³/mol. The molecule has 0 saturated heterocycles. The minimum atomic E-state index is -0.200. The van der Waals surface area contributed by atoms with E-state index >= 15 is 0 Å². The van der Waals surface area contributed by atoms with E-state index in [-0.39, 0.29) is 16.3 Å². The summed E-state index contributed by atoms with van der Waals surface area (Å²) in [7, 11) is 1.70. The van der Waals surface area contributed by atoms with E-state index in [0.29, 0.717) is 22.6 Å². The summed E-state index contributed by atoms with van der Waals surface area (Å²) < 4.78 is 0.615. The smallest absolute Gasteiger partial charge is 0.268 e. The summed E-state index contributed by atoms with van der Waals surface area (Å²) in [6.45, 7) is 2.23. The average Bonchev–Trinajstić information content (AvgIpc) is 2.85. The Labute approximate surface area is 122 Å². The molecular formula is C12H14BrN3O2S. The highest BCUT2D eigenvalue weighted by molar-refractivity contribution is 9.10. The van der Waals surface area contributed by atoms with Crippen LogP contribution in [0.3, 0.4) is 0 Å². The number of aromatic amines is 1. The van der Waals surface area contributed by atoms with Gasteiger partial charge in [-0.1, -0.05) is 22.9 Å². The molecule has 1 atom stereocenters. The quantitative estimate of drug-likeness (QED) is 0.864. The molecule has 5 nitrogen and oxygen atoms in total. The number of halogens is 1. The largest absolute Gasteiger partial charge is 0.337 e. The monoisotopic (exact) mass is 343 g/mol. The topological polar surface area (TPSA) is 66.1 Å². The van der Waals surface area contributed by atoms with Gasteiger partial charge in [-0.25, -0.2) is 4.98 Å². The third kappa shape index (κ3) is 3.03. The van der Waals surface area contributed by atoms with Gasteiger partial charge in [0, 0.05) is 7.05 Å². The standard InChI is InChI=1S/C12H14BrN3O2S/c1-3-7(13)12(18)16(2)6-9-14-8-4-5-19-10(8)11(17)15-9/h4-5,7H,3,6H2,1-2H3,(H,14,15,17). The fourth-order valence-corrected chi connectivity index (χ4v) is 2.79. The lowest BCUT2D eigenvalue weighted by molar-refractivity contribution is -0.129. The van der Waals surface area contributed by atoms with Crippen molar-refractivity contribution in [1.82, 2.24) is 14.9 Å². The molecule has 19 heavy (non-hydrogen) atoms. The Morgan fingerprint density at radius 3 is 3.05 bits per heavy atom. The van der Waals surface area contributed by atoms with E-state index in [2.05, 4.69) is 25.9 Å². The van der Waals surface area contributed by atoms with Crippen molar-refractivity contribution in [3.8, 4) is 0 Å². The second kappa shape index (κ2) is 5.83. The summed E-state index contributed by atoms with van der Waals surface area (Å²) in [5.41, 5.74) is 0.525. The number of alkyl halides is 1. The van der Waals surface area contributed by atoms with Gasteiger partial charge >= 0.3 is 0 Å². The maximum atomic E-state index is 11.9. The molecule has 0 bridgehead atoms. The molecule has 0 aliphatic rings. The first kappa shape index (κ1) is 14.2. The minimum absolute atomic E-state index is 0.0180. The number of nitrogens with one attached hydrogen (secondary N) is 1. The molecule has 0 fully saturated rings. The third-order valence-corrected chi connectivity index (χ3v) is 4.69. The van der Waals surface area contributed by atoms with Crippen molar-refractivity contribution >= 4 is 43.4 Å². The van der Waals surface area contributed by atoms with Crippen LogP contribution in [-0.2, 0) is 11.3 Å². The first-order chi connectivity index (χ1) is 9.02. The number of amides is 1. The van der Waals surface area contributed by atoms with Gasteiger partial charge in [0.05, 0.1) is 16.9 Å². The van der Waals surface area contributed by atoms with Gasteiger partial charge in [0.25, 0.3) is 5.56 Å². The van der Waals surface area contributed by atoms with Crippen molar-refractivity contribution in [1.29, 1.82) is 0 Å².